The molecule has 118 valence electrons. The van der Waals surface area contributed by atoms with Gasteiger partial charge in [-0.15, -0.1) is 0 Å². The predicted molar refractivity (Wildman–Crippen MR) is 89.9 cm³/mol. The van der Waals surface area contributed by atoms with Gasteiger partial charge < -0.3 is 10.1 Å². The molecule has 22 heavy (non-hydrogen) atoms. The minimum Gasteiger partial charge on any atom is -0.377 e. The molecule has 2 aliphatic carbocycles. The highest BCUT2D eigenvalue weighted by atomic mass is 16.5. The van der Waals surface area contributed by atoms with E-state index in [0.29, 0.717) is 6.04 Å². The average molecular weight is 297 g/mol. The van der Waals surface area contributed by atoms with E-state index in [1.807, 2.05) is 0 Å². The third kappa shape index (κ3) is 2.75. The van der Waals surface area contributed by atoms with E-state index in [1.54, 1.807) is 0 Å². The van der Waals surface area contributed by atoms with E-state index in [1.165, 1.54) is 36.8 Å². The van der Waals surface area contributed by atoms with E-state index in [4.69, 9.17) is 4.74 Å². The molecule has 2 heteroatoms. The van der Waals surface area contributed by atoms with Crippen LogP contribution in [-0.4, -0.2) is 25.8 Å². The van der Waals surface area contributed by atoms with Gasteiger partial charge in [-0.05, 0) is 42.2 Å². The fraction of sp³-hybridized carbons (Fsp3) is 0.600. The molecule has 1 aliphatic heterocycles. The van der Waals surface area contributed by atoms with Gasteiger partial charge in [0.1, 0.15) is 0 Å². The maximum atomic E-state index is 5.58. The second-order valence-corrected chi connectivity index (χ2v) is 7.16. The number of hydrogen-bond acceptors (Lipinski definition) is 2. The summed E-state index contributed by atoms with van der Waals surface area (Å²) in [7, 11) is 0. The summed E-state index contributed by atoms with van der Waals surface area (Å²) in [6, 6.07) is 11.8. The fourth-order valence-corrected chi connectivity index (χ4v) is 4.86. The molecule has 2 saturated carbocycles. The summed E-state index contributed by atoms with van der Waals surface area (Å²) in [5.74, 6) is 2.52. The van der Waals surface area contributed by atoms with Crippen molar-refractivity contribution in [2.24, 2.45) is 11.8 Å². The highest BCUT2D eigenvalue weighted by Gasteiger charge is 2.50. The van der Waals surface area contributed by atoms with Crippen molar-refractivity contribution in [2.45, 2.75) is 44.1 Å². The molecule has 0 spiro atoms. The van der Waals surface area contributed by atoms with E-state index >= 15 is 0 Å². The van der Waals surface area contributed by atoms with Gasteiger partial charge in [-0.2, -0.15) is 0 Å². The molecule has 0 bridgehead atoms. The van der Waals surface area contributed by atoms with E-state index in [0.717, 1.165) is 43.9 Å². The number of nitrogens with one attached hydrogen (secondary N) is 1. The molecule has 0 amide bonds. The van der Waals surface area contributed by atoms with Crippen molar-refractivity contribution in [3.8, 4) is 0 Å². The lowest BCUT2D eigenvalue weighted by Crippen LogP contribution is -2.58. The Morgan fingerprint density at radius 3 is 2.64 bits per heavy atom. The van der Waals surface area contributed by atoms with E-state index in [9.17, 15) is 0 Å². The summed E-state index contributed by atoms with van der Waals surface area (Å²) in [6.45, 7) is 2.73. The number of hydrogen-bond donors (Lipinski definition) is 1. The van der Waals surface area contributed by atoms with Crippen LogP contribution in [0.3, 0.4) is 0 Å². The molecule has 2 unspecified atom stereocenters. The summed E-state index contributed by atoms with van der Waals surface area (Å²) < 4.78 is 5.58. The first kappa shape index (κ1) is 14.5. The molecule has 0 saturated heterocycles. The quantitative estimate of drug-likeness (QED) is 0.851. The second kappa shape index (κ2) is 6.55. The number of benzene rings is 1. The molecule has 1 heterocycles. The lowest BCUT2D eigenvalue weighted by Gasteiger charge is -2.55. The molecule has 1 aromatic carbocycles. The predicted octanol–water partition coefficient (Wildman–Crippen LogP) is 3.90. The molecule has 2 nitrogen and oxygen atoms in total. The first-order valence-corrected chi connectivity index (χ1v) is 8.97. The van der Waals surface area contributed by atoms with Crippen LogP contribution in [0.15, 0.2) is 42.0 Å². The van der Waals surface area contributed by atoms with E-state index < -0.39 is 0 Å². The molecule has 0 aromatic heterocycles. The van der Waals surface area contributed by atoms with Crippen LogP contribution < -0.4 is 5.32 Å². The number of ether oxygens (including phenoxy) is 1. The molecule has 1 N–H and O–H groups in total. The van der Waals surface area contributed by atoms with Crippen LogP contribution in [0.1, 0.15) is 43.6 Å². The van der Waals surface area contributed by atoms with Gasteiger partial charge in [0.2, 0.25) is 0 Å². The van der Waals surface area contributed by atoms with Crippen LogP contribution in [0.5, 0.6) is 0 Å². The lowest BCUT2D eigenvalue weighted by atomic mass is 9.53. The topological polar surface area (TPSA) is 21.3 Å². The zero-order valence-corrected chi connectivity index (χ0v) is 13.3. The fourth-order valence-electron chi connectivity index (χ4n) is 4.86. The molecular weight excluding hydrogens is 270 g/mol. The Labute approximate surface area is 133 Å². The Hall–Kier alpha value is -1.12. The molecule has 2 fully saturated rings. The third-order valence-electron chi connectivity index (χ3n) is 5.92. The minimum atomic E-state index is 0.663. The van der Waals surface area contributed by atoms with Gasteiger partial charge >= 0.3 is 0 Å². The summed E-state index contributed by atoms with van der Waals surface area (Å²) in [6.07, 6.45) is 9.14. The van der Waals surface area contributed by atoms with Crippen LogP contribution in [0.25, 0.3) is 0 Å². The van der Waals surface area contributed by atoms with Gasteiger partial charge in [0.25, 0.3) is 0 Å². The van der Waals surface area contributed by atoms with Gasteiger partial charge in [-0.1, -0.05) is 49.2 Å². The highest BCUT2D eigenvalue weighted by Crippen LogP contribution is 2.54. The van der Waals surface area contributed by atoms with Gasteiger partial charge in [-0.25, -0.2) is 0 Å². The normalized spacial score (nSPS) is 34.5. The highest BCUT2D eigenvalue weighted by molar-refractivity contribution is 5.28. The maximum absolute atomic E-state index is 5.58. The molecular formula is C20H27NO. The second-order valence-electron chi connectivity index (χ2n) is 7.16. The van der Waals surface area contributed by atoms with Crippen molar-refractivity contribution in [3.63, 3.8) is 0 Å². The van der Waals surface area contributed by atoms with Crippen molar-refractivity contribution >= 4 is 0 Å². The first-order valence-electron chi connectivity index (χ1n) is 8.97. The van der Waals surface area contributed by atoms with Gasteiger partial charge in [0.05, 0.1) is 13.2 Å². The van der Waals surface area contributed by atoms with Crippen molar-refractivity contribution in [1.29, 1.82) is 0 Å². The zero-order chi connectivity index (χ0) is 14.8. The Balaban J connectivity index is 1.47. The Morgan fingerprint density at radius 1 is 1.05 bits per heavy atom. The van der Waals surface area contributed by atoms with Gasteiger partial charge in [0.15, 0.2) is 0 Å². The van der Waals surface area contributed by atoms with Crippen molar-refractivity contribution < 1.29 is 4.74 Å². The van der Waals surface area contributed by atoms with Crippen LogP contribution in [0.4, 0.5) is 0 Å². The van der Waals surface area contributed by atoms with Crippen molar-refractivity contribution in [3.05, 3.63) is 47.5 Å². The molecule has 4 rings (SSSR count). The Bertz CT molecular complexity index is 524. The summed E-state index contributed by atoms with van der Waals surface area (Å²) in [5, 5.41) is 3.89. The van der Waals surface area contributed by atoms with E-state index in [2.05, 4.69) is 41.7 Å². The zero-order valence-electron chi connectivity index (χ0n) is 13.3. The maximum Gasteiger partial charge on any atom is 0.0689 e. The summed E-state index contributed by atoms with van der Waals surface area (Å²) in [4.78, 5) is 0. The Morgan fingerprint density at radius 2 is 1.86 bits per heavy atom. The van der Waals surface area contributed by atoms with Crippen LogP contribution >= 0.6 is 0 Å². The van der Waals surface area contributed by atoms with Crippen LogP contribution in [0.2, 0.25) is 0 Å². The summed E-state index contributed by atoms with van der Waals surface area (Å²) in [5.41, 5.74) is 2.98. The van der Waals surface area contributed by atoms with Crippen LogP contribution in [0, 0.1) is 11.8 Å². The summed E-state index contributed by atoms with van der Waals surface area (Å²) >= 11 is 0. The molecule has 4 atom stereocenters. The SMILES string of the molecule is C1=C(CN[C@H]2C3CCCCC3[C@@H]2c2ccccc2)COCC1. The lowest BCUT2D eigenvalue weighted by molar-refractivity contribution is 0.0272. The first-order chi connectivity index (χ1) is 10.9. The van der Waals surface area contributed by atoms with E-state index in [-0.39, 0.29) is 0 Å². The molecule has 1 aromatic rings. The Kier molecular flexibility index (Phi) is 4.31. The molecule has 3 aliphatic rings. The monoisotopic (exact) mass is 297 g/mol. The average Bonchev–Trinajstić information content (AvgIpc) is 2.58. The standard InChI is InChI=1S/C20H27NO/c1-2-8-16(9-3-1)19-17-10-4-5-11-18(17)20(19)21-13-15-7-6-12-22-14-15/h1-3,7-9,17-21H,4-6,10-14H2/t17?,18?,19-,20-/m0/s1. The largest absolute Gasteiger partial charge is 0.377 e. The van der Waals surface area contributed by atoms with Gasteiger partial charge in [0, 0.05) is 18.5 Å². The number of fused-ring (bicyclic) bond motifs is 1. The van der Waals surface area contributed by atoms with Gasteiger partial charge in [-0.3, -0.25) is 0 Å². The van der Waals surface area contributed by atoms with Crippen LogP contribution in [-0.2, 0) is 4.74 Å². The smallest absolute Gasteiger partial charge is 0.0689 e. The third-order valence-corrected chi connectivity index (χ3v) is 5.92. The van der Waals surface area contributed by atoms with Crippen molar-refractivity contribution in [2.75, 3.05) is 19.8 Å². The van der Waals surface area contributed by atoms with Crippen molar-refractivity contribution in [1.82, 2.24) is 5.32 Å². The minimum absolute atomic E-state index is 0.663. The molecule has 0 radical (unpaired) electrons. The number of rotatable bonds is 4.